The Labute approximate surface area is 100.0 Å². The number of hydrogen-bond acceptors (Lipinski definition) is 4. The molecule has 0 radical (unpaired) electrons. The number of carbonyl (C=O) groups is 1. The van der Waals surface area contributed by atoms with Gasteiger partial charge < -0.3 is 9.84 Å². The van der Waals surface area contributed by atoms with Crippen LogP contribution in [-0.4, -0.2) is 31.9 Å². The van der Waals surface area contributed by atoms with Crippen LogP contribution in [0.15, 0.2) is 23.1 Å². The first kappa shape index (κ1) is 13.5. The molecule has 5 nitrogen and oxygen atoms in total. The van der Waals surface area contributed by atoms with Gasteiger partial charge in [-0.15, -0.1) is 0 Å². The number of carboxylic acids is 1. The van der Waals surface area contributed by atoms with Crippen LogP contribution in [-0.2, 0) is 9.84 Å². The molecule has 0 saturated carbocycles. The second-order valence-corrected chi connectivity index (χ2v) is 5.86. The highest BCUT2D eigenvalue weighted by Crippen LogP contribution is 2.29. The van der Waals surface area contributed by atoms with Crippen molar-refractivity contribution in [3.05, 3.63) is 23.8 Å². The van der Waals surface area contributed by atoms with Gasteiger partial charge in [0.05, 0.1) is 6.10 Å². The number of aromatic carboxylic acids is 1. The highest BCUT2D eigenvalue weighted by molar-refractivity contribution is 7.90. The third-order valence-corrected chi connectivity index (χ3v) is 3.08. The van der Waals surface area contributed by atoms with Gasteiger partial charge in [-0.25, -0.2) is 13.2 Å². The number of ether oxygens (including phenoxy) is 1. The first-order chi connectivity index (χ1) is 7.73. The van der Waals surface area contributed by atoms with E-state index in [0.717, 1.165) is 6.26 Å². The fourth-order valence-corrected chi connectivity index (χ4v) is 2.15. The normalized spacial score (nSPS) is 11.5. The van der Waals surface area contributed by atoms with Crippen LogP contribution in [0, 0.1) is 0 Å². The average Bonchev–Trinajstić information content (AvgIpc) is 2.14. The van der Waals surface area contributed by atoms with Gasteiger partial charge in [-0.3, -0.25) is 0 Å². The monoisotopic (exact) mass is 258 g/mol. The summed E-state index contributed by atoms with van der Waals surface area (Å²) < 4.78 is 28.4. The molecule has 0 heterocycles. The lowest BCUT2D eigenvalue weighted by atomic mass is 10.2. The van der Waals surface area contributed by atoms with Gasteiger partial charge >= 0.3 is 5.97 Å². The summed E-state index contributed by atoms with van der Waals surface area (Å²) in [7, 11) is -3.52. The lowest BCUT2D eigenvalue weighted by Gasteiger charge is -2.15. The van der Waals surface area contributed by atoms with Crippen LogP contribution in [0.25, 0.3) is 0 Å². The fraction of sp³-hybridized carbons (Fsp3) is 0.364. The molecule has 0 unspecified atom stereocenters. The molecule has 0 atom stereocenters. The summed E-state index contributed by atoms with van der Waals surface area (Å²) in [4.78, 5) is 10.9. The van der Waals surface area contributed by atoms with Crippen LogP contribution >= 0.6 is 0 Å². The maximum Gasteiger partial charge on any atom is 0.339 e. The van der Waals surface area contributed by atoms with Crippen LogP contribution in [0.2, 0.25) is 0 Å². The quantitative estimate of drug-likeness (QED) is 0.886. The van der Waals surface area contributed by atoms with E-state index in [0.29, 0.717) is 0 Å². The molecule has 1 rings (SSSR count). The molecule has 0 bridgehead atoms. The molecular weight excluding hydrogens is 244 g/mol. The number of carboxylic acid groups (broad SMARTS) is 1. The minimum atomic E-state index is -3.52. The Hall–Kier alpha value is -1.56. The van der Waals surface area contributed by atoms with Crippen molar-refractivity contribution >= 4 is 15.8 Å². The average molecular weight is 258 g/mol. The second-order valence-electron chi connectivity index (χ2n) is 3.88. The van der Waals surface area contributed by atoms with E-state index in [1.54, 1.807) is 13.8 Å². The summed E-state index contributed by atoms with van der Waals surface area (Å²) in [5.74, 6) is -1.32. The van der Waals surface area contributed by atoms with Crippen molar-refractivity contribution in [1.29, 1.82) is 0 Å². The molecule has 0 amide bonds. The predicted molar refractivity (Wildman–Crippen MR) is 62.3 cm³/mol. The zero-order chi connectivity index (χ0) is 13.2. The molecule has 1 aromatic rings. The Morgan fingerprint density at radius 1 is 1.35 bits per heavy atom. The Morgan fingerprint density at radius 2 is 1.94 bits per heavy atom. The number of sulfone groups is 1. The van der Waals surface area contributed by atoms with Crippen LogP contribution in [0.1, 0.15) is 24.2 Å². The van der Waals surface area contributed by atoms with Gasteiger partial charge in [-0.05, 0) is 26.0 Å². The van der Waals surface area contributed by atoms with Gasteiger partial charge in [-0.2, -0.15) is 0 Å². The molecule has 0 aliphatic rings. The molecule has 0 spiro atoms. The van der Waals surface area contributed by atoms with Crippen molar-refractivity contribution in [2.45, 2.75) is 24.8 Å². The first-order valence-electron chi connectivity index (χ1n) is 4.96. The lowest BCUT2D eigenvalue weighted by Crippen LogP contribution is -2.13. The lowest BCUT2D eigenvalue weighted by molar-refractivity contribution is 0.0689. The van der Waals surface area contributed by atoms with Gasteiger partial charge in [0, 0.05) is 6.26 Å². The molecule has 1 N–H and O–H groups in total. The highest BCUT2D eigenvalue weighted by atomic mass is 32.2. The van der Waals surface area contributed by atoms with E-state index in [2.05, 4.69) is 0 Å². The summed E-state index contributed by atoms with van der Waals surface area (Å²) >= 11 is 0. The fourth-order valence-electron chi connectivity index (χ4n) is 1.33. The van der Waals surface area contributed by atoms with Crippen LogP contribution < -0.4 is 4.74 Å². The molecule has 0 aliphatic heterocycles. The Bertz CT molecular complexity index is 531. The topological polar surface area (TPSA) is 80.7 Å². The van der Waals surface area contributed by atoms with Crippen LogP contribution in [0.3, 0.4) is 0 Å². The molecule has 0 aliphatic carbocycles. The van der Waals surface area contributed by atoms with Crippen LogP contribution in [0.4, 0.5) is 0 Å². The standard InChI is InChI=1S/C11H14O5S/c1-7(2)16-10-8(11(12)13)5-4-6-9(10)17(3,14)15/h4-7H,1-3H3,(H,12,13). The van der Waals surface area contributed by atoms with E-state index >= 15 is 0 Å². The summed E-state index contributed by atoms with van der Waals surface area (Å²) in [5, 5.41) is 8.99. The third kappa shape index (κ3) is 3.20. The zero-order valence-electron chi connectivity index (χ0n) is 9.80. The summed E-state index contributed by atoms with van der Waals surface area (Å²) in [6.45, 7) is 3.40. The molecule has 6 heteroatoms. The number of para-hydroxylation sites is 1. The van der Waals surface area contributed by atoms with Gasteiger partial charge in [-0.1, -0.05) is 6.07 Å². The minimum Gasteiger partial charge on any atom is -0.489 e. The molecule has 0 saturated heterocycles. The van der Waals surface area contributed by atoms with E-state index in [1.165, 1.54) is 18.2 Å². The predicted octanol–water partition coefficient (Wildman–Crippen LogP) is 1.58. The molecule has 0 aromatic heterocycles. The minimum absolute atomic E-state index is 0.0995. The Morgan fingerprint density at radius 3 is 2.35 bits per heavy atom. The smallest absolute Gasteiger partial charge is 0.339 e. The van der Waals surface area contributed by atoms with Gasteiger partial charge in [0.2, 0.25) is 0 Å². The largest absolute Gasteiger partial charge is 0.489 e. The molecule has 1 aromatic carbocycles. The second kappa shape index (κ2) is 4.75. The summed E-state index contributed by atoms with van der Waals surface area (Å²) in [6, 6.07) is 4.03. The van der Waals surface area contributed by atoms with Crippen molar-refractivity contribution in [1.82, 2.24) is 0 Å². The van der Waals surface area contributed by atoms with Crippen molar-refractivity contribution in [3.8, 4) is 5.75 Å². The van der Waals surface area contributed by atoms with E-state index in [1.807, 2.05) is 0 Å². The van der Waals surface area contributed by atoms with E-state index < -0.39 is 15.8 Å². The maximum absolute atomic E-state index is 11.5. The van der Waals surface area contributed by atoms with Crippen molar-refractivity contribution in [2.75, 3.05) is 6.26 Å². The van der Waals surface area contributed by atoms with Gasteiger partial charge in [0.1, 0.15) is 10.5 Å². The van der Waals surface area contributed by atoms with E-state index in [4.69, 9.17) is 9.84 Å². The van der Waals surface area contributed by atoms with Crippen molar-refractivity contribution in [3.63, 3.8) is 0 Å². The molecule has 94 valence electrons. The number of rotatable bonds is 4. The number of benzene rings is 1. The van der Waals surface area contributed by atoms with Gasteiger partial charge in [0.15, 0.2) is 15.6 Å². The van der Waals surface area contributed by atoms with Crippen molar-refractivity contribution < 1.29 is 23.1 Å². The van der Waals surface area contributed by atoms with Gasteiger partial charge in [0.25, 0.3) is 0 Å². The molecule has 0 fully saturated rings. The first-order valence-corrected chi connectivity index (χ1v) is 6.85. The van der Waals surface area contributed by atoms with Crippen LogP contribution in [0.5, 0.6) is 5.75 Å². The molecule has 17 heavy (non-hydrogen) atoms. The zero-order valence-corrected chi connectivity index (χ0v) is 10.6. The summed E-state index contributed by atoms with van der Waals surface area (Å²) in [6.07, 6.45) is 0.706. The third-order valence-electron chi connectivity index (χ3n) is 1.96. The SMILES string of the molecule is CC(C)Oc1c(C(=O)O)cccc1S(C)(=O)=O. The highest BCUT2D eigenvalue weighted by Gasteiger charge is 2.22. The number of hydrogen-bond donors (Lipinski definition) is 1. The Balaban J connectivity index is 3.51. The van der Waals surface area contributed by atoms with E-state index in [9.17, 15) is 13.2 Å². The van der Waals surface area contributed by atoms with E-state index in [-0.39, 0.29) is 22.3 Å². The Kier molecular flexibility index (Phi) is 3.77. The van der Waals surface area contributed by atoms with Crippen molar-refractivity contribution in [2.24, 2.45) is 0 Å². The maximum atomic E-state index is 11.5. The molecular formula is C11H14O5S. The summed E-state index contributed by atoms with van der Waals surface area (Å²) in [5.41, 5.74) is -0.151.